The quantitative estimate of drug-likeness (QED) is 0.858. The summed E-state index contributed by atoms with van der Waals surface area (Å²) in [5.74, 6) is 0. The fourth-order valence-corrected chi connectivity index (χ4v) is 2.86. The second kappa shape index (κ2) is 6.91. The van der Waals surface area contributed by atoms with Gasteiger partial charge >= 0.3 is 0 Å². The number of likely N-dealkylation sites (tertiary alicyclic amines) is 1. The zero-order chi connectivity index (χ0) is 12.8. The number of hydrogen-bond acceptors (Lipinski definition) is 2. The van der Waals surface area contributed by atoms with Crippen molar-refractivity contribution in [1.82, 2.24) is 10.2 Å². The first-order valence-corrected chi connectivity index (χ1v) is 7.26. The first-order chi connectivity index (χ1) is 8.79. The number of benzene rings is 1. The summed E-state index contributed by atoms with van der Waals surface area (Å²) in [7, 11) is 2.07. The van der Waals surface area contributed by atoms with Gasteiger partial charge < -0.3 is 10.2 Å². The van der Waals surface area contributed by atoms with Crippen molar-refractivity contribution in [2.24, 2.45) is 0 Å². The highest BCUT2D eigenvalue weighted by atomic mass is 15.1. The minimum atomic E-state index is 0.492. The van der Waals surface area contributed by atoms with E-state index in [1.165, 1.54) is 56.4 Å². The first kappa shape index (κ1) is 13.6. The average Bonchev–Trinajstić information content (AvgIpc) is 2.41. The van der Waals surface area contributed by atoms with Crippen LogP contribution in [-0.2, 0) is 0 Å². The minimum Gasteiger partial charge on any atom is -0.313 e. The summed E-state index contributed by atoms with van der Waals surface area (Å²) in [5.41, 5.74) is 2.78. The van der Waals surface area contributed by atoms with E-state index < -0.39 is 0 Å². The standard InChI is InChI=1S/C16H26N2/c1-14-7-6-8-15(13-14)16(17-2)9-12-18-10-4-3-5-11-18/h6-8,13,16-17H,3-5,9-12H2,1-2H3. The second-order valence-electron chi connectivity index (χ2n) is 5.45. The predicted molar refractivity (Wildman–Crippen MR) is 77.9 cm³/mol. The lowest BCUT2D eigenvalue weighted by Crippen LogP contribution is -2.32. The van der Waals surface area contributed by atoms with E-state index in [9.17, 15) is 0 Å². The predicted octanol–water partition coefficient (Wildman–Crippen LogP) is 3.13. The molecule has 1 aromatic carbocycles. The molecule has 1 N–H and O–H groups in total. The van der Waals surface area contributed by atoms with Crippen LogP contribution in [0.25, 0.3) is 0 Å². The Bertz CT molecular complexity index is 356. The fourth-order valence-electron chi connectivity index (χ4n) is 2.86. The number of piperidine rings is 1. The van der Waals surface area contributed by atoms with E-state index in [0.29, 0.717) is 6.04 Å². The van der Waals surface area contributed by atoms with Crippen LogP contribution < -0.4 is 5.32 Å². The van der Waals surface area contributed by atoms with Crippen LogP contribution in [-0.4, -0.2) is 31.6 Å². The Morgan fingerprint density at radius 2 is 2.00 bits per heavy atom. The molecule has 1 atom stereocenters. The van der Waals surface area contributed by atoms with E-state index in [2.05, 4.69) is 48.5 Å². The molecule has 2 heteroatoms. The zero-order valence-corrected chi connectivity index (χ0v) is 11.8. The van der Waals surface area contributed by atoms with Crippen molar-refractivity contribution < 1.29 is 0 Å². The Hall–Kier alpha value is -0.860. The smallest absolute Gasteiger partial charge is 0.0329 e. The Morgan fingerprint density at radius 1 is 1.22 bits per heavy atom. The van der Waals surface area contributed by atoms with Crippen LogP contribution in [0.2, 0.25) is 0 Å². The molecule has 0 bridgehead atoms. The molecule has 2 rings (SSSR count). The highest BCUT2D eigenvalue weighted by Crippen LogP contribution is 2.19. The van der Waals surface area contributed by atoms with Gasteiger partial charge in [0.2, 0.25) is 0 Å². The maximum absolute atomic E-state index is 3.46. The van der Waals surface area contributed by atoms with Crippen molar-refractivity contribution in [2.75, 3.05) is 26.7 Å². The molecule has 1 fully saturated rings. The minimum absolute atomic E-state index is 0.492. The Labute approximate surface area is 111 Å². The summed E-state index contributed by atoms with van der Waals surface area (Å²) in [4.78, 5) is 2.61. The molecule has 1 aromatic rings. The third-order valence-corrected chi connectivity index (χ3v) is 3.98. The molecule has 0 aliphatic carbocycles. The van der Waals surface area contributed by atoms with E-state index in [1.807, 2.05) is 0 Å². The molecule has 1 heterocycles. The number of rotatable bonds is 5. The maximum Gasteiger partial charge on any atom is 0.0329 e. The van der Waals surface area contributed by atoms with Crippen LogP contribution >= 0.6 is 0 Å². The van der Waals surface area contributed by atoms with Gasteiger partial charge in [-0.2, -0.15) is 0 Å². The molecule has 0 spiro atoms. The van der Waals surface area contributed by atoms with E-state index in [1.54, 1.807) is 0 Å². The van der Waals surface area contributed by atoms with Gasteiger partial charge in [-0.25, -0.2) is 0 Å². The van der Waals surface area contributed by atoms with Crippen LogP contribution in [0.3, 0.4) is 0 Å². The van der Waals surface area contributed by atoms with E-state index in [4.69, 9.17) is 0 Å². The lowest BCUT2D eigenvalue weighted by Gasteiger charge is -2.28. The normalized spacial score (nSPS) is 18.8. The van der Waals surface area contributed by atoms with Gasteiger partial charge in [0.1, 0.15) is 0 Å². The lowest BCUT2D eigenvalue weighted by molar-refractivity contribution is 0.218. The molecule has 1 saturated heterocycles. The highest BCUT2D eigenvalue weighted by Gasteiger charge is 2.14. The van der Waals surface area contributed by atoms with Crippen molar-refractivity contribution in [2.45, 2.75) is 38.6 Å². The van der Waals surface area contributed by atoms with Crippen molar-refractivity contribution in [1.29, 1.82) is 0 Å². The summed E-state index contributed by atoms with van der Waals surface area (Å²) in [6.45, 7) is 5.98. The van der Waals surface area contributed by atoms with Gasteiger partial charge in [-0.3, -0.25) is 0 Å². The van der Waals surface area contributed by atoms with Gasteiger partial charge in [0.15, 0.2) is 0 Å². The molecule has 1 unspecified atom stereocenters. The first-order valence-electron chi connectivity index (χ1n) is 7.26. The molecule has 0 saturated carbocycles. The summed E-state index contributed by atoms with van der Waals surface area (Å²) < 4.78 is 0. The van der Waals surface area contributed by atoms with E-state index in [-0.39, 0.29) is 0 Å². The topological polar surface area (TPSA) is 15.3 Å². The van der Waals surface area contributed by atoms with Crippen LogP contribution in [0.4, 0.5) is 0 Å². The van der Waals surface area contributed by atoms with Crippen molar-refractivity contribution in [3.05, 3.63) is 35.4 Å². The van der Waals surface area contributed by atoms with Gasteiger partial charge in [0, 0.05) is 6.04 Å². The maximum atomic E-state index is 3.46. The molecule has 0 aromatic heterocycles. The van der Waals surface area contributed by atoms with Gasteiger partial charge in [0.05, 0.1) is 0 Å². The number of hydrogen-bond donors (Lipinski definition) is 1. The van der Waals surface area contributed by atoms with Crippen LogP contribution in [0.5, 0.6) is 0 Å². The highest BCUT2D eigenvalue weighted by molar-refractivity contribution is 5.25. The van der Waals surface area contributed by atoms with E-state index in [0.717, 1.165) is 0 Å². The van der Waals surface area contributed by atoms with E-state index >= 15 is 0 Å². The molecule has 2 nitrogen and oxygen atoms in total. The Kier molecular flexibility index (Phi) is 5.21. The van der Waals surface area contributed by atoms with Gasteiger partial charge in [-0.15, -0.1) is 0 Å². The third kappa shape index (κ3) is 3.82. The van der Waals surface area contributed by atoms with Gasteiger partial charge in [0.25, 0.3) is 0 Å². The second-order valence-corrected chi connectivity index (χ2v) is 5.45. The molecule has 18 heavy (non-hydrogen) atoms. The van der Waals surface area contributed by atoms with Gasteiger partial charge in [-0.05, 0) is 58.4 Å². The van der Waals surface area contributed by atoms with Crippen LogP contribution in [0, 0.1) is 6.92 Å². The molecule has 0 amide bonds. The SMILES string of the molecule is CNC(CCN1CCCCC1)c1cccc(C)c1. The van der Waals surface area contributed by atoms with Crippen molar-refractivity contribution in [3.8, 4) is 0 Å². The van der Waals surface area contributed by atoms with Crippen LogP contribution in [0.15, 0.2) is 24.3 Å². The van der Waals surface area contributed by atoms with Crippen molar-refractivity contribution in [3.63, 3.8) is 0 Å². The number of nitrogens with zero attached hydrogens (tertiary/aromatic N) is 1. The molecule has 1 aliphatic heterocycles. The number of aryl methyl sites for hydroxylation is 1. The molecule has 1 aliphatic rings. The largest absolute Gasteiger partial charge is 0.313 e. The summed E-state index contributed by atoms with van der Waals surface area (Å²) in [6.07, 6.45) is 5.40. The number of nitrogens with one attached hydrogen (secondary N) is 1. The molecular weight excluding hydrogens is 220 g/mol. The van der Waals surface area contributed by atoms with Crippen molar-refractivity contribution >= 4 is 0 Å². The third-order valence-electron chi connectivity index (χ3n) is 3.98. The molecular formula is C16H26N2. The summed E-state index contributed by atoms with van der Waals surface area (Å²) >= 11 is 0. The molecule has 100 valence electrons. The fraction of sp³-hybridized carbons (Fsp3) is 0.625. The Balaban J connectivity index is 1.88. The Morgan fingerprint density at radius 3 is 2.67 bits per heavy atom. The summed E-state index contributed by atoms with van der Waals surface area (Å²) in [6, 6.07) is 9.37. The summed E-state index contributed by atoms with van der Waals surface area (Å²) in [5, 5.41) is 3.46. The average molecular weight is 246 g/mol. The zero-order valence-electron chi connectivity index (χ0n) is 11.8. The van der Waals surface area contributed by atoms with Crippen LogP contribution in [0.1, 0.15) is 42.9 Å². The molecule has 0 radical (unpaired) electrons. The lowest BCUT2D eigenvalue weighted by atomic mass is 10.0. The van der Waals surface area contributed by atoms with Gasteiger partial charge in [-0.1, -0.05) is 36.2 Å². The monoisotopic (exact) mass is 246 g/mol.